The van der Waals surface area contributed by atoms with Crippen molar-refractivity contribution in [1.82, 2.24) is 0 Å². The SMILES string of the molecule is CC1(C)CC(=O)C(C=Nc2cccc(NC(=O)COc3ccccc3)c2)=C(O)C1. The molecule has 0 saturated heterocycles. The van der Waals surface area contributed by atoms with E-state index in [0.29, 0.717) is 30.0 Å². The molecule has 0 unspecified atom stereocenters. The molecule has 0 heterocycles. The van der Waals surface area contributed by atoms with Gasteiger partial charge in [-0.05, 0) is 35.7 Å². The molecule has 0 atom stereocenters. The van der Waals surface area contributed by atoms with Gasteiger partial charge in [0.05, 0.1) is 11.3 Å². The lowest BCUT2D eigenvalue weighted by Crippen LogP contribution is -2.26. The summed E-state index contributed by atoms with van der Waals surface area (Å²) in [6.45, 7) is 3.79. The van der Waals surface area contributed by atoms with Crippen LogP contribution in [0.2, 0.25) is 0 Å². The number of Topliss-reactive ketones (excluding diaryl/α,β-unsaturated/α-hetero) is 1. The Balaban J connectivity index is 1.63. The largest absolute Gasteiger partial charge is 0.511 e. The molecular weight excluding hydrogens is 368 g/mol. The molecule has 1 amide bonds. The van der Waals surface area contributed by atoms with E-state index in [1.54, 1.807) is 36.4 Å². The van der Waals surface area contributed by atoms with Gasteiger partial charge in [0, 0.05) is 24.7 Å². The number of carbonyl (C=O) groups is 2. The van der Waals surface area contributed by atoms with Crippen LogP contribution in [0.5, 0.6) is 5.75 Å². The molecule has 1 aliphatic carbocycles. The van der Waals surface area contributed by atoms with E-state index in [2.05, 4.69) is 10.3 Å². The van der Waals surface area contributed by atoms with Crippen molar-refractivity contribution in [2.45, 2.75) is 26.7 Å². The van der Waals surface area contributed by atoms with Gasteiger partial charge in [0.25, 0.3) is 5.91 Å². The standard InChI is InChI=1S/C23H24N2O4/c1-23(2)12-20(26)19(21(27)13-23)14-24-16-7-6-8-17(11-16)25-22(28)15-29-18-9-4-3-5-10-18/h3-11,14,26H,12-13,15H2,1-2H3,(H,25,28). The summed E-state index contributed by atoms with van der Waals surface area (Å²) in [6.07, 6.45) is 2.21. The number of hydrogen-bond donors (Lipinski definition) is 2. The molecule has 0 saturated carbocycles. The Hall–Kier alpha value is -3.41. The summed E-state index contributed by atoms with van der Waals surface area (Å²) in [5.41, 5.74) is 1.13. The number of aliphatic imine (C=N–C) groups is 1. The number of carbonyl (C=O) groups excluding carboxylic acids is 2. The number of amides is 1. The number of allylic oxidation sites excluding steroid dienone is 2. The lowest BCUT2D eigenvalue weighted by Gasteiger charge is -2.28. The van der Waals surface area contributed by atoms with E-state index in [9.17, 15) is 14.7 Å². The number of rotatable bonds is 6. The molecule has 0 spiro atoms. The quantitative estimate of drug-likeness (QED) is 0.703. The first-order valence-electron chi connectivity index (χ1n) is 9.39. The average molecular weight is 392 g/mol. The molecule has 29 heavy (non-hydrogen) atoms. The number of anilines is 1. The van der Waals surface area contributed by atoms with Crippen LogP contribution in [0.1, 0.15) is 26.7 Å². The molecule has 1 aliphatic rings. The van der Waals surface area contributed by atoms with Crippen LogP contribution in [0, 0.1) is 5.41 Å². The Labute approximate surface area is 169 Å². The highest BCUT2D eigenvalue weighted by Gasteiger charge is 2.32. The van der Waals surface area contributed by atoms with Crippen molar-refractivity contribution in [2.75, 3.05) is 11.9 Å². The third-order valence-corrected chi connectivity index (χ3v) is 4.48. The third kappa shape index (κ3) is 5.78. The topological polar surface area (TPSA) is 88.0 Å². The van der Waals surface area contributed by atoms with Crippen LogP contribution in [0.15, 0.2) is 70.9 Å². The highest BCUT2D eigenvalue weighted by molar-refractivity contribution is 6.15. The summed E-state index contributed by atoms with van der Waals surface area (Å²) in [5, 5.41) is 12.9. The molecule has 0 bridgehead atoms. The zero-order valence-corrected chi connectivity index (χ0v) is 16.5. The lowest BCUT2D eigenvalue weighted by molar-refractivity contribution is -0.118. The number of nitrogens with zero attached hydrogens (tertiary/aromatic N) is 1. The van der Waals surface area contributed by atoms with Gasteiger partial charge in [-0.2, -0.15) is 0 Å². The van der Waals surface area contributed by atoms with Gasteiger partial charge in [0.1, 0.15) is 11.5 Å². The fourth-order valence-electron chi connectivity index (χ4n) is 3.11. The van der Waals surface area contributed by atoms with Crippen LogP contribution < -0.4 is 10.1 Å². The van der Waals surface area contributed by atoms with E-state index in [1.807, 2.05) is 32.0 Å². The van der Waals surface area contributed by atoms with Crippen LogP contribution in [0.3, 0.4) is 0 Å². The smallest absolute Gasteiger partial charge is 0.262 e. The van der Waals surface area contributed by atoms with Crippen molar-refractivity contribution in [3.8, 4) is 5.75 Å². The molecule has 0 aromatic heterocycles. The second-order valence-corrected chi connectivity index (χ2v) is 7.76. The number of ether oxygens (including phenoxy) is 1. The molecule has 150 valence electrons. The van der Waals surface area contributed by atoms with E-state index in [-0.39, 0.29) is 35.0 Å². The van der Waals surface area contributed by atoms with Crippen LogP contribution in [-0.2, 0) is 9.59 Å². The lowest BCUT2D eigenvalue weighted by atomic mass is 9.77. The number of nitrogens with one attached hydrogen (secondary N) is 1. The molecular formula is C23H24N2O4. The molecule has 6 nitrogen and oxygen atoms in total. The molecule has 2 aromatic rings. The highest BCUT2D eigenvalue weighted by Crippen LogP contribution is 2.35. The zero-order chi connectivity index (χ0) is 20.9. The number of aliphatic hydroxyl groups is 1. The van der Waals surface area contributed by atoms with Gasteiger partial charge >= 0.3 is 0 Å². The zero-order valence-electron chi connectivity index (χ0n) is 16.5. The molecule has 6 heteroatoms. The average Bonchev–Trinajstić information content (AvgIpc) is 2.66. The summed E-state index contributed by atoms with van der Waals surface area (Å²) in [7, 11) is 0. The monoisotopic (exact) mass is 392 g/mol. The minimum absolute atomic E-state index is 0.0671. The summed E-state index contributed by atoms with van der Waals surface area (Å²) >= 11 is 0. The Kier molecular flexibility index (Phi) is 6.12. The molecule has 0 aliphatic heterocycles. The maximum atomic E-state index is 12.3. The van der Waals surface area contributed by atoms with Crippen molar-refractivity contribution in [2.24, 2.45) is 10.4 Å². The fourth-order valence-corrected chi connectivity index (χ4v) is 3.11. The predicted molar refractivity (Wildman–Crippen MR) is 113 cm³/mol. The van der Waals surface area contributed by atoms with Gasteiger partial charge in [0.2, 0.25) is 0 Å². The molecule has 2 aromatic carbocycles. The minimum Gasteiger partial charge on any atom is -0.511 e. The second-order valence-electron chi connectivity index (χ2n) is 7.76. The number of hydrogen-bond acceptors (Lipinski definition) is 5. The van der Waals surface area contributed by atoms with Crippen molar-refractivity contribution >= 4 is 29.3 Å². The van der Waals surface area contributed by atoms with Crippen LogP contribution in [0.25, 0.3) is 0 Å². The summed E-state index contributed by atoms with van der Waals surface area (Å²) in [6, 6.07) is 16.0. The summed E-state index contributed by atoms with van der Waals surface area (Å²) in [4.78, 5) is 28.6. The maximum Gasteiger partial charge on any atom is 0.262 e. The van der Waals surface area contributed by atoms with Crippen LogP contribution in [-0.4, -0.2) is 29.6 Å². The van der Waals surface area contributed by atoms with Crippen molar-refractivity contribution in [3.05, 3.63) is 65.9 Å². The van der Waals surface area contributed by atoms with E-state index in [0.717, 1.165) is 0 Å². The Morgan fingerprint density at radius 2 is 1.93 bits per heavy atom. The Morgan fingerprint density at radius 3 is 2.66 bits per heavy atom. The van der Waals surface area contributed by atoms with Gasteiger partial charge < -0.3 is 15.2 Å². The van der Waals surface area contributed by atoms with Crippen LogP contribution >= 0.6 is 0 Å². The van der Waals surface area contributed by atoms with E-state index < -0.39 is 0 Å². The van der Waals surface area contributed by atoms with E-state index >= 15 is 0 Å². The third-order valence-electron chi connectivity index (χ3n) is 4.48. The normalized spacial score (nSPS) is 16.1. The van der Waals surface area contributed by atoms with Gasteiger partial charge in [-0.3, -0.25) is 14.6 Å². The number of aliphatic hydroxyl groups excluding tert-OH is 1. The molecule has 0 radical (unpaired) electrons. The van der Waals surface area contributed by atoms with Crippen molar-refractivity contribution in [1.29, 1.82) is 0 Å². The number of benzene rings is 2. The number of ketones is 1. The highest BCUT2D eigenvalue weighted by atomic mass is 16.5. The van der Waals surface area contributed by atoms with Gasteiger partial charge in [0.15, 0.2) is 12.4 Å². The number of para-hydroxylation sites is 1. The first-order valence-corrected chi connectivity index (χ1v) is 9.39. The summed E-state index contributed by atoms with van der Waals surface area (Å²) < 4.78 is 5.42. The maximum absolute atomic E-state index is 12.3. The van der Waals surface area contributed by atoms with Gasteiger partial charge in [-0.25, -0.2) is 0 Å². The van der Waals surface area contributed by atoms with Crippen LogP contribution in [0.4, 0.5) is 11.4 Å². The summed E-state index contributed by atoms with van der Waals surface area (Å²) in [5.74, 6) is 0.275. The first-order chi connectivity index (χ1) is 13.8. The predicted octanol–water partition coefficient (Wildman–Crippen LogP) is 4.61. The Bertz CT molecular complexity index is 962. The Morgan fingerprint density at radius 1 is 1.17 bits per heavy atom. The van der Waals surface area contributed by atoms with Gasteiger partial charge in [-0.1, -0.05) is 38.1 Å². The fraction of sp³-hybridized carbons (Fsp3) is 0.261. The molecule has 2 N–H and O–H groups in total. The molecule has 0 fully saturated rings. The van der Waals surface area contributed by atoms with E-state index in [4.69, 9.17) is 4.74 Å². The first kappa shape index (κ1) is 20.3. The second kappa shape index (κ2) is 8.73. The van der Waals surface area contributed by atoms with E-state index in [1.165, 1.54) is 6.21 Å². The minimum atomic E-state index is -0.292. The molecule has 3 rings (SSSR count). The van der Waals surface area contributed by atoms with Crippen molar-refractivity contribution in [3.63, 3.8) is 0 Å². The van der Waals surface area contributed by atoms with Gasteiger partial charge in [-0.15, -0.1) is 0 Å². The van der Waals surface area contributed by atoms with Crippen molar-refractivity contribution < 1.29 is 19.4 Å².